The van der Waals surface area contributed by atoms with Crippen LogP contribution in [0.4, 0.5) is 0 Å². The van der Waals surface area contributed by atoms with Gasteiger partial charge in [0.1, 0.15) is 0 Å². The molecule has 2 rings (SSSR count). The minimum Gasteiger partial charge on any atom is -0.477 e. The number of aliphatic hydroxyl groups is 1. The lowest BCUT2D eigenvalue weighted by Crippen LogP contribution is -2.10. The second-order valence-electron chi connectivity index (χ2n) is 2.92. The first-order valence-electron chi connectivity index (χ1n) is 4.11. The highest BCUT2D eigenvalue weighted by atomic mass is 16.5. The molecule has 0 saturated heterocycles. The summed E-state index contributed by atoms with van der Waals surface area (Å²) in [6.45, 7) is 0.818. The average molecular weight is 165 g/mol. The van der Waals surface area contributed by atoms with Crippen molar-refractivity contribution < 1.29 is 9.84 Å². The minimum absolute atomic E-state index is 0.0558. The van der Waals surface area contributed by atoms with Crippen LogP contribution in [0.1, 0.15) is 17.5 Å². The molecule has 0 aliphatic carbocycles. The summed E-state index contributed by atoms with van der Waals surface area (Å²) in [7, 11) is 0. The van der Waals surface area contributed by atoms with E-state index in [2.05, 4.69) is 4.98 Å². The zero-order valence-corrected chi connectivity index (χ0v) is 6.79. The Morgan fingerprint density at radius 2 is 2.50 bits per heavy atom. The molecule has 1 aromatic rings. The monoisotopic (exact) mass is 165 g/mol. The van der Waals surface area contributed by atoms with Crippen LogP contribution in [0.25, 0.3) is 0 Å². The van der Waals surface area contributed by atoms with Gasteiger partial charge in [-0.05, 0) is 24.5 Å². The Labute approximate surface area is 71.0 Å². The van der Waals surface area contributed by atoms with E-state index in [9.17, 15) is 0 Å². The van der Waals surface area contributed by atoms with Gasteiger partial charge < -0.3 is 9.84 Å². The van der Waals surface area contributed by atoms with Crippen LogP contribution in [-0.2, 0) is 13.0 Å². The summed E-state index contributed by atoms with van der Waals surface area (Å²) in [6.07, 6.45) is 3.71. The topological polar surface area (TPSA) is 42.4 Å². The smallest absolute Gasteiger partial charge is 0.216 e. The summed E-state index contributed by atoms with van der Waals surface area (Å²) in [5, 5.41) is 8.86. The van der Waals surface area contributed by atoms with Gasteiger partial charge in [0.2, 0.25) is 5.88 Å². The fourth-order valence-corrected chi connectivity index (χ4v) is 1.37. The van der Waals surface area contributed by atoms with E-state index in [-0.39, 0.29) is 6.61 Å². The van der Waals surface area contributed by atoms with Crippen molar-refractivity contribution in [3.63, 3.8) is 0 Å². The molecule has 1 aromatic heterocycles. The van der Waals surface area contributed by atoms with Crippen molar-refractivity contribution in [1.82, 2.24) is 4.98 Å². The van der Waals surface area contributed by atoms with Gasteiger partial charge in [-0.1, -0.05) is 0 Å². The van der Waals surface area contributed by atoms with Crippen LogP contribution in [0.2, 0.25) is 0 Å². The normalized spacial score (nSPS) is 15.1. The van der Waals surface area contributed by atoms with Gasteiger partial charge in [-0.25, -0.2) is 4.98 Å². The SMILES string of the molecule is OCc1cnc2c(c1)CCCO2. The first kappa shape index (κ1) is 7.55. The van der Waals surface area contributed by atoms with Crippen LogP contribution in [0, 0.1) is 0 Å². The molecule has 0 saturated carbocycles. The Bertz CT molecular complexity index is 286. The average Bonchev–Trinajstić information content (AvgIpc) is 2.17. The quantitative estimate of drug-likeness (QED) is 0.672. The predicted molar refractivity (Wildman–Crippen MR) is 44.0 cm³/mol. The fraction of sp³-hybridized carbons (Fsp3) is 0.444. The summed E-state index contributed by atoms with van der Waals surface area (Å²) in [5.74, 6) is 0.735. The Balaban J connectivity index is 2.36. The van der Waals surface area contributed by atoms with E-state index in [1.165, 1.54) is 0 Å². The van der Waals surface area contributed by atoms with Crippen molar-refractivity contribution in [2.75, 3.05) is 6.61 Å². The molecule has 0 radical (unpaired) electrons. The van der Waals surface area contributed by atoms with E-state index in [0.29, 0.717) is 0 Å². The van der Waals surface area contributed by atoms with Crippen LogP contribution in [-0.4, -0.2) is 16.7 Å². The second-order valence-corrected chi connectivity index (χ2v) is 2.92. The number of hydrogen-bond acceptors (Lipinski definition) is 3. The lowest BCUT2D eigenvalue weighted by Gasteiger charge is -2.15. The maximum Gasteiger partial charge on any atom is 0.216 e. The molecule has 3 heteroatoms. The van der Waals surface area contributed by atoms with E-state index in [0.717, 1.165) is 36.5 Å². The summed E-state index contributed by atoms with van der Waals surface area (Å²) < 4.78 is 5.33. The highest BCUT2D eigenvalue weighted by molar-refractivity contribution is 5.31. The molecule has 0 aromatic carbocycles. The number of pyridine rings is 1. The molecule has 64 valence electrons. The van der Waals surface area contributed by atoms with Crippen LogP contribution < -0.4 is 4.74 Å². The minimum atomic E-state index is 0.0558. The zero-order chi connectivity index (χ0) is 8.39. The highest BCUT2D eigenvalue weighted by Crippen LogP contribution is 2.22. The van der Waals surface area contributed by atoms with E-state index in [4.69, 9.17) is 9.84 Å². The summed E-state index contributed by atoms with van der Waals surface area (Å²) in [4.78, 5) is 4.11. The fourth-order valence-electron chi connectivity index (χ4n) is 1.37. The molecule has 1 aliphatic rings. The van der Waals surface area contributed by atoms with E-state index in [1.54, 1.807) is 6.20 Å². The van der Waals surface area contributed by atoms with Gasteiger partial charge >= 0.3 is 0 Å². The van der Waals surface area contributed by atoms with Crippen molar-refractivity contribution in [2.45, 2.75) is 19.4 Å². The molecule has 0 spiro atoms. The van der Waals surface area contributed by atoms with Crippen molar-refractivity contribution in [3.05, 3.63) is 23.4 Å². The maximum absolute atomic E-state index is 8.86. The molecule has 0 atom stereocenters. The Morgan fingerprint density at radius 1 is 1.58 bits per heavy atom. The van der Waals surface area contributed by atoms with E-state index < -0.39 is 0 Å². The molecule has 3 nitrogen and oxygen atoms in total. The number of hydrogen-bond donors (Lipinski definition) is 1. The van der Waals surface area contributed by atoms with Gasteiger partial charge in [0.15, 0.2) is 0 Å². The number of ether oxygens (including phenoxy) is 1. The number of fused-ring (bicyclic) bond motifs is 1. The van der Waals surface area contributed by atoms with Gasteiger partial charge in [-0.15, -0.1) is 0 Å². The van der Waals surface area contributed by atoms with E-state index >= 15 is 0 Å². The summed E-state index contributed by atoms with van der Waals surface area (Å²) >= 11 is 0. The molecular weight excluding hydrogens is 154 g/mol. The van der Waals surface area contributed by atoms with Gasteiger partial charge in [-0.3, -0.25) is 0 Å². The number of aliphatic hydroxyl groups excluding tert-OH is 1. The molecule has 0 fully saturated rings. The van der Waals surface area contributed by atoms with Crippen molar-refractivity contribution in [2.24, 2.45) is 0 Å². The largest absolute Gasteiger partial charge is 0.477 e. The van der Waals surface area contributed by atoms with E-state index in [1.807, 2.05) is 6.07 Å². The van der Waals surface area contributed by atoms with Gasteiger partial charge in [0.05, 0.1) is 13.2 Å². The number of aromatic nitrogens is 1. The molecule has 0 bridgehead atoms. The van der Waals surface area contributed by atoms with Crippen molar-refractivity contribution in [3.8, 4) is 5.88 Å². The number of nitrogens with zero attached hydrogens (tertiary/aromatic N) is 1. The summed E-state index contributed by atoms with van der Waals surface area (Å²) in [6, 6.07) is 1.96. The third-order valence-electron chi connectivity index (χ3n) is 1.99. The standard InChI is InChI=1S/C9H11NO2/c11-6-7-4-8-2-1-3-12-9(8)10-5-7/h4-5,11H,1-3,6H2. The van der Waals surface area contributed by atoms with Crippen LogP contribution in [0.3, 0.4) is 0 Å². The van der Waals surface area contributed by atoms with Crippen LogP contribution in [0.5, 0.6) is 5.88 Å². The number of aryl methyl sites for hydroxylation is 1. The molecule has 0 amide bonds. The molecule has 0 unspecified atom stereocenters. The summed E-state index contributed by atoms with van der Waals surface area (Å²) in [5.41, 5.74) is 1.98. The molecular formula is C9H11NO2. The maximum atomic E-state index is 8.86. The van der Waals surface area contributed by atoms with Crippen molar-refractivity contribution >= 4 is 0 Å². The molecule has 12 heavy (non-hydrogen) atoms. The lowest BCUT2D eigenvalue weighted by molar-refractivity contribution is 0.269. The Kier molecular flexibility index (Phi) is 1.96. The Morgan fingerprint density at radius 3 is 3.33 bits per heavy atom. The molecule has 1 aliphatic heterocycles. The number of rotatable bonds is 1. The second kappa shape index (κ2) is 3.11. The van der Waals surface area contributed by atoms with Crippen LogP contribution in [0.15, 0.2) is 12.3 Å². The third-order valence-corrected chi connectivity index (χ3v) is 1.99. The lowest BCUT2D eigenvalue weighted by atomic mass is 10.1. The predicted octanol–water partition coefficient (Wildman–Crippen LogP) is 0.899. The first-order chi connectivity index (χ1) is 5.90. The highest BCUT2D eigenvalue weighted by Gasteiger charge is 2.11. The Hall–Kier alpha value is -1.09. The molecule has 2 heterocycles. The van der Waals surface area contributed by atoms with Gasteiger partial charge in [0.25, 0.3) is 0 Å². The van der Waals surface area contributed by atoms with Crippen LogP contribution >= 0.6 is 0 Å². The third kappa shape index (κ3) is 1.28. The van der Waals surface area contributed by atoms with Crippen molar-refractivity contribution in [1.29, 1.82) is 0 Å². The molecule has 1 N–H and O–H groups in total. The first-order valence-corrected chi connectivity index (χ1v) is 4.11. The zero-order valence-electron chi connectivity index (χ0n) is 6.79. The van der Waals surface area contributed by atoms with Gasteiger partial charge in [0, 0.05) is 11.8 Å². The van der Waals surface area contributed by atoms with Gasteiger partial charge in [-0.2, -0.15) is 0 Å².